The maximum absolute atomic E-state index is 14.9. The number of fused-ring (bicyclic) bond motifs is 10. The molecule has 3 aromatic carbocycles. The fourth-order valence-corrected chi connectivity index (χ4v) is 12.9. The van der Waals surface area contributed by atoms with Crippen LogP contribution in [0.3, 0.4) is 0 Å². The normalized spacial score (nSPS) is 28.9. The summed E-state index contributed by atoms with van der Waals surface area (Å²) >= 11 is 1.65. The SMILES string of the molecule is COc1ccc2[nH]c3c(c2c1)C[C@@H](CO)N[C@@H]1CC(=O)O[C@H]2c4c5c(c(C)c(OC(C)=O)c4[C@@H](SC31)C1[C@H]3c4c(cc(C)c(OC)c4O)C[C@@H]([C@H](OC(C)C)N12)N3C)OCO5. The van der Waals surface area contributed by atoms with Crippen molar-refractivity contribution in [1.82, 2.24) is 20.1 Å². The predicted molar refractivity (Wildman–Crippen MR) is 225 cm³/mol. The zero-order valence-electron chi connectivity index (χ0n) is 35.5. The van der Waals surface area contributed by atoms with Crippen molar-refractivity contribution in [2.75, 3.05) is 34.7 Å². The summed E-state index contributed by atoms with van der Waals surface area (Å²) in [7, 11) is 5.26. The number of phenolic OH excluding ortho intramolecular Hbond substituents is 1. The van der Waals surface area contributed by atoms with Crippen LogP contribution in [0.4, 0.5) is 0 Å². The number of rotatable bonds is 6. The van der Waals surface area contributed by atoms with Gasteiger partial charge < -0.3 is 53.7 Å². The molecule has 61 heavy (non-hydrogen) atoms. The Morgan fingerprint density at radius 2 is 1.80 bits per heavy atom. The lowest BCUT2D eigenvalue weighted by molar-refractivity contribution is -0.249. The molecular formula is C45H52N4O11S. The van der Waals surface area contributed by atoms with Crippen LogP contribution in [0.25, 0.3) is 10.9 Å². The van der Waals surface area contributed by atoms with E-state index >= 15 is 0 Å². The van der Waals surface area contributed by atoms with Crippen LogP contribution in [0.1, 0.15) is 94.6 Å². The van der Waals surface area contributed by atoms with Crippen LogP contribution >= 0.6 is 11.8 Å². The van der Waals surface area contributed by atoms with Gasteiger partial charge >= 0.3 is 11.9 Å². The van der Waals surface area contributed by atoms with E-state index in [2.05, 4.69) is 33.2 Å². The second-order valence-corrected chi connectivity index (χ2v) is 18.6. The maximum atomic E-state index is 14.9. The van der Waals surface area contributed by atoms with E-state index in [1.165, 1.54) is 6.92 Å². The molecule has 0 radical (unpaired) electrons. The minimum atomic E-state index is -1.08. The van der Waals surface area contributed by atoms with Gasteiger partial charge in [0.2, 0.25) is 6.79 Å². The highest BCUT2D eigenvalue weighted by molar-refractivity contribution is 7.99. The third-order valence-electron chi connectivity index (χ3n) is 13.4. The van der Waals surface area contributed by atoms with Gasteiger partial charge in [-0.15, -0.1) is 11.8 Å². The molecule has 1 aromatic heterocycles. The number of H-pyrrole nitrogens is 1. The van der Waals surface area contributed by atoms with E-state index < -0.39 is 53.0 Å². The number of esters is 2. The molecule has 15 nitrogen and oxygen atoms in total. The van der Waals surface area contributed by atoms with Gasteiger partial charge in [0.15, 0.2) is 29.2 Å². The fourth-order valence-electron chi connectivity index (χ4n) is 11.1. The number of carbonyl (C=O) groups excluding carboxylic acids is 2. The minimum Gasteiger partial charge on any atom is -0.504 e. The number of nitrogens with zero attached hydrogens (tertiary/aromatic N) is 2. The van der Waals surface area contributed by atoms with E-state index in [0.29, 0.717) is 58.3 Å². The van der Waals surface area contributed by atoms with Crippen LogP contribution in [-0.2, 0) is 31.9 Å². The summed E-state index contributed by atoms with van der Waals surface area (Å²) in [6.07, 6.45) is -0.928. The number of aromatic hydroxyl groups is 1. The number of nitrogens with one attached hydrogen (secondary N) is 2. The van der Waals surface area contributed by atoms with Crippen LogP contribution < -0.4 is 29.0 Å². The second kappa shape index (κ2) is 15.0. The van der Waals surface area contributed by atoms with E-state index in [-0.39, 0.29) is 43.8 Å². The molecular weight excluding hydrogens is 805 g/mol. The molecule has 0 aliphatic carbocycles. The molecule has 8 heterocycles. The van der Waals surface area contributed by atoms with Gasteiger partial charge in [-0.1, -0.05) is 6.07 Å². The number of likely N-dealkylation sites (N-methyl/N-ethyl adjacent to an activating group) is 1. The zero-order valence-corrected chi connectivity index (χ0v) is 36.3. The van der Waals surface area contributed by atoms with Crippen LogP contribution in [0.5, 0.6) is 34.5 Å². The van der Waals surface area contributed by atoms with E-state index in [1.807, 2.05) is 45.9 Å². The van der Waals surface area contributed by atoms with Gasteiger partial charge in [-0.3, -0.25) is 14.5 Å². The Morgan fingerprint density at radius 1 is 1.02 bits per heavy atom. The Morgan fingerprint density at radius 3 is 2.52 bits per heavy atom. The largest absolute Gasteiger partial charge is 0.504 e. The molecule has 2 fully saturated rings. The summed E-state index contributed by atoms with van der Waals surface area (Å²) in [6.45, 7) is 8.90. The van der Waals surface area contributed by atoms with Crippen molar-refractivity contribution in [1.29, 1.82) is 0 Å². The first-order chi connectivity index (χ1) is 29.3. The standard InChI is InChI=1S/C45H52N4O11S/c1-18(2)58-44-29-12-22-11-19(3)38(55-8)37(53)31(22)35(48(29)6)36-43-32-33(41-40(56-17-57-41)20(4)39(32)59-21(5)51)45(49(36)44)60-30(52)15-28-42(61-43)34-26(13-23(16-50)46-28)25-14-24(54-7)9-10-27(25)47-34/h9-11,14,18,23,28-29,35-36,42-47,50,53H,12-13,15-17H2,1-8H3/t23-,28+,29-,35+,36?,42?,43+,44-,45-/m0/s1. The zero-order chi connectivity index (χ0) is 42.8. The number of piperazine rings is 1. The third kappa shape index (κ3) is 6.11. The maximum Gasteiger partial charge on any atom is 0.309 e. The highest BCUT2D eigenvalue weighted by Crippen LogP contribution is 2.66. The van der Waals surface area contributed by atoms with Crippen molar-refractivity contribution in [3.05, 3.63) is 68.9 Å². The molecule has 7 aliphatic heterocycles. The van der Waals surface area contributed by atoms with Gasteiger partial charge in [0.1, 0.15) is 17.7 Å². The van der Waals surface area contributed by atoms with E-state index in [9.17, 15) is 19.8 Å². The molecule has 11 rings (SSSR count). The first kappa shape index (κ1) is 40.4. The summed E-state index contributed by atoms with van der Waals surface area (Å²) in [5, 5.41) is 26.7. The molecule has 4 aromatic rings. The first-order valence-corrected chi connectivity index (χ1v) is 21.9. The number of aromatic nitrogens is 1. The topological polar surface area (TPSA) is 174 Å². The molecule has 4 bridgehead atoms. The van der Waals surface area contributed by atoms with E-state index in [0.717, 1.165) is 38.9 Å². The highest BCUT2D eigenvalue weighted by Gasteiger charge is 2.62. The summed E-state index contributed by atoms with van der Waals surface area (Å²) in [4.78, 5) is 36.3. The Balaban J connectivity index is 1.30. The number of aliphatic hydroxyl groups is 1. The number of methoxy groups -OCH3 is 2. The van der Waals surface area contributed by atoms with Crippen molar-refractivity contribution >= 4 is 34.6 Å². The molecule has 0 saturated carbocycles. The summed E-state index contributed by atoms with van der Waals surface area (Å²) in [5.41, 5.74) is 7.07. The van der Waals surface area contributed by atoms with Crippen molar-refractivity contribution < 1.29 is 53.0 Å². The Labute approximate surface area is 357 Å². The van der Waals surface area contributed by atoms with Crippen LogP contribution in [-0.4, -0.2) is 108 Å². The Kier molecular flexibility index (Phi) is 9.92. The summed E-state index contributed by atoms with van der Waals surface area (Å²) in [5.74, 6) is 1.30. The molecule has 2 saturated heterocycles. The van der Waals surface area contributed by atoms with Crippen LogP contribution in [0.15, 0.2) is 24.3 Å². The van der Waals surface area contributed by atoms with Crippen molar-refractivity contribution in [2.45, 2.75) is 113 Å². The van der Waals surface area contributed by atoms with Gasteiger partial charge in [0.05, 0.1) is 67.5 Å². The quantitative estimate of drug-likeness (QED) is 0.141. The first-order valence-electron chi connectivity index (χ1n) is 20.9. The molecule has 7 aliphatic rings. The smallest absolute Gasteiger partial charge is 0.309 e. The predicted octanol–water partition coefficient (Wildman–Crippen LogP) is 5.54. The molecule has 324 valence electrons. The van der Waals surface area contributed by atoms with Gasteiger partial charge in [0, 0.05) is 52.3 Å². The average molecular weight is 857 g/mol. The summed E-state index contributed by atoms with van der Waals surface area (Å²) in [6, 6.07) is 5.77. The number of aliphatic hydroxyl groups excluding tert-OH is 1. The minimum absolute atomic E-state index is 0.0197. The van der Waals surface area contributed by atoms with Gasteiger partial charge in [0.25, 0.3) is 0 Å². The highest BCUT2D eigenvalue weighted by atomic mass is 32.2. The van der Waals surface area contributed by atoms with Gasteiger partial charge in [-0.05, 0) is 82.5 Å². The van der Waals surface area contributed by atoms with Crippen molar-refractivity contribution in [3.63, 3.8) is 0 Å². The number of phenols is 1. The van der Waals surface area contributed by atoms with E-state index in [4.69, 9.17) is 33.2 Å². The van der Waals surface area contributed by atoms with Crippen LogP contribution in [0.2, 0.25) is 0 Å². The lowest BCUT2D eigenvalue weighted by atomic mass is 9.74. The number of aryl methyl sites for hydroxylation is 1. The molecule has 2 unspecified atom stereocenters. The number of thioether (sulfide) groups is 1. The Hall–Kier alpha value is -4.71. The molecule has 0 spiro atoms. The van der Waals surface area contributed by atoms with Gasteiger partial charge in [-0.2, -0.15) is 0 Å². The van der Waals surface area contributed by atoms with Crippen molar-refractivity contribution in [3.8, 4) is 34.5 Å². The number of hydrogen-bond acceptors (Lipinski definition) is 15. The average Bonchev–Trinajstić information content (AvgIpc) is 3.81. The number of hydrogen-bond donors (Lipinski definition) is 4. The molecule has 16 heteroatoms. The number of aromatic amines is 1. The lowest BCUT2D eigenvalue weighted by Gasteiger charge is -2.62. The van der Waals surface area contributed by atoms with E-state index in [1.54, 1.807) is 26.0 Å². The fraction of sp³-hybridized carbons (Fsp3) is 0.511. The molecule has 4 N–H and O–H groups in total. The molecule has 0 amide bonds. The molecule has 9 atom stereocenters. The summed E-state index contributed by atoms with van der Waals surface area (Å²) < 4.78 is 44.1. The lowest BCUT2D eigenvalue weighted by Crippen LogP contribution is -2.70. The van der Waals surface area contributed by atoms with Crippen LogP contribution in [0, 0.1) is 13.8 Å². The van der Waals surface area contributed by atoms with Gasteiger partial charge in [-0.25, -0.2) is 4.90 Å². The third-order valence-corrected chi connectivity index (χ3v) is 15.1. The monoisotopic (exact) mass is 856 g/mol. The Bertz CT molecular complexity index is 2470. The number of ether oxygens (including phenoxy) is 7. The number of carbonyl (C=O) groups is 2. The number of benzene rings is 3. The second-order valence-electron chi connectivity index (χ2n) is 17.3. The van der Waals surface area contributed by atoms with Crippen molar-refractivity contribution in [2.24, 2.45) is 0 Å².